The van der Waals surface area contributed by atoms with E-state index in [9.17, 15) is 0 Å². The molecule has 0 rings (SSSR count). The first-order valence-corrected chi connectivity index (χ1v) is 12.2. The van der Waals surface area contributed by atoms with Crippen LogP contribution in [0.15, 0.2) is 0 Å². The SMILES string of the molecule is CC(C)[PH](C)(C)C[PH](C)(C)C(C)C. The molecule has 0 saturated carbocycles. The van der Waals surface area contributed by atoms with Crippen molar-refractivity contribution in [3.63, 3.8) is 0 Å². The minimum absolute atomic E-state index is 0.917. The molecule has 0 amide bonds. The summed E-state index contributed by atoms with van der Waals surface area (Å²) in [6, 6.07) is 0. The monoisotopic (exact) mass is 224 g/mol. The fourth-order valence-electron chi connectivity index (χ4n) is 1.58. The molecule has 0 radical (unpaired) electrons. The van der Waals surface area contributed by atoms with E-state index in [0.717, 1.165) is 11.3 Å². The van der Waals surface area contributed by atoms with Crippen molar-refractivity contribution in [3.8, 4) is 0 Å². The Morgan fingerprint density at radius 3 is 1.08 bits per heavy atom. The second-order valence-electron chi connectivity index (χ2n) is 6.46. The molecule has 0 atom stereocenters. The molecule has 0 bridgehead atoms. The molecule has 0 spiro atoms. The zero-order valence-corrected chi connectivity index (χ0v) is 12.9. The molecule has 13 heavy (non-hydrogen) atoms. The first kappa shape index (κ1) is 13.9. The van der Waals surface area contributed by atoms with Crippen LogP contribution in [0.2, 0.25) is 0 Å². The van der Waals surface area contributed by atoms with Crippen molar-refractivity contribution >= 4 is 14.5 Å². The van der Waals surface area contributed by atoms with Gasteiger partial charge >= 0.3 is 86.1 Å². The van der Waals surface area contributed by atoms with Gasteiger partial charge in [0.15, 0.2) is 0 Å². The number of hydrogen-bond donors (Lipinski definition) is 0. The second-order valence-corrected chi connectivity index (χ2v) is 18.1. The molecule has 0 heterocycles. The molecule has 0 nitrogen and oxygen atoms in total. The van der Waals surface area contributed by atoms with Gasteiger partial charge in [-0.15, -0.1) is 0 Å². The fraction of sp³-hybridized carbons (Fsp3) is 1.00. The average molecular weight is 224 g/mol. The Hall–Kier alpha value is 0.860. The molecule has 0 aromatic rings. The van der Waals surface area contributed by atoms with Gasteiger partial charge in [0.1, 0.15) is 0 Å². The summed E-state index contributed by atoms with van der Waals surface area (Å²) in [5.74, 6) is 1.59. The van der Waals surface area contributed by atoms with Gasteiger partial charge in [0.25, 0.3) is 0 Å². The van der Waals surface area contributed by atoms with Crippen LogP contribution in [-0.2, 0) is 0 Å². The molecule has 0 aromatic carbocycles. The first-order valence-electron chi connectivity index (χ1n) is 5.59. The van der Waals surface area contributed by atoms with E-state index >= 15 is 0 Å². The molecule has 0 aliphatic heterocycles. The topological polar surface area (TPSA) is 0 Å². The number of hydrogen-bond acceptors (Lipinski definition) is 0. The van der Waals surface area contributed by atoms with E-state index in [0.29, 0.717) is 0 Å². The van der Waals surface area contributed by atoms with Crippen molar-refractivity contribution in [1.82, 2.24) is 0 Å². The Morgan fingerprint density at radius 1 is 0.692 bits per heavy atom. The summed E-state index contributed by atoms with van der Waals surface area (Å²) >= 11 is 0. The van der Waals surface area contributed by atoms with Crippen LogP contribution in [0.1, 0.15) is 27.7 Å². The van der Waals surface area contributed by atoms with Crippen molar-refractivity contribution in [2.75, 3.05) is 32.6 Å². The third-order valence-electron chi connectivity index (χ3n) is 4.04. The van der Waals surface area contributed by atoms with Crippen LogP contribution in [-0.4, -0.2) is 43.9 Å². The van der Waals surface area contributed by atoms with E-state index in [1.165, 1.54) is 0 Å². The zero-order valence-electron chi connectivity index (χ0n) is 10.9. The Morgan fingerprint density at radius 2 is 0.923 bits per heavy atom. The van der Waals surface area contributed by atoms with Crippen LogP contribution < -0.4 is 0 Å². The van der Waals surface area contributed by atoms with Gasteiger partial charge in [0, 0.05) is 0 Å². The maximum atomic E-state index is 2.56. The summed E-state index contributed by atoms with van der Waals surface area (Å²) in [4.78, 5) is 0. The van der Waals surface area contributed by atoms with E-state index in [4.69, 9.17) is 0 Å². The summed E-state index contributed by atoms with van der Waals surface area (Å²) in [7, 11) is -1.83. The van der Waals surface area contributed by atoms with E-state index in [2.05, 4.69) is 54.4 Å². The quantitative estimate of drug-likeness (QED) is 0.637. The Balaban J connectivity index is 4.42. The van der Waals surface area contributed by atoms with Crippen molar-refractivity contribution in [2.24, 2.45) is 0 Å². The van der Waals surface area contributed by atoms with Gasteiger partial charge in [-0.2, -0.15) is 0 Å². The summed E-state index contributed by atoms with van der Waals surface area (Å²) in [6.07, 6.45) is 0. The van der Waals surface area contributed by atoms with E-state index in [1.54, 1.807) is 5.90 Å². The Bertz CT molecular complexity index is 139. The van der Waals surface area contributed by atoms with Gasteiger partial charge in [-0.25, -0.2) is 0 Å². The summed E-state index contributed by atoms with van der Waals surface area (Å²) < 4.78 is 0. The van der Waals surface area contributed by atoms with Gasteiger partial charge in [0.2, 0.25) is 0 Å². The molecule has 0 aliphatic carbocycles. The van der Waals surface area contributed by atoms with Crippen LogP contribution in [0, 0.1) is 0 Å². The molecule has 0 unspecified atom stereocenters. The third kappa shape index (κ3) is 4.26. The number of rotatable bonds is 4. The second kappa shape index (κ2) is 4.59. The predicted molar refractivity (Wildman–Crippen MR) is 75.5 cm³/mol. The molecular formula is C11H30P2. The van der Waals surface area contributed by atoms with Gasteiger partial charge in [-0.1, -0.05) is 0 Å². The van der Waals surface area contributed by atoms with Gasteiger partial charge in [-0.05, 0) is 0 Å². The third-order valence-corrected chi connectivity index (χ3v) is 17.6. The van der Waals surface area contributed by atoms with E-state index in [1.807, 2.05) is 0 Å². The molecule has 0 aromatic heterocycles. The summed E-state index contributed by atoms with van der Waals surface area (Å²) in [5.41, 5.74) is 1.89. The predicted octanol–water partition coefficient (Wildman–Crippen LogP) is 3.78. The van der Waals surface area contributed by atoms with Crippen molar-refractivity contribution in [1.29, 1.82) is 0 Å². The maximum absolute atomic E-state index is 2.56. The molecule has 0 fully saturated rings. The standard InChI is InChI=1S/C11H30P2/c1-10(2)12(5,6)9-13(7,8)11(3)4/h10-13H,9H2,1-8H3. The summed E-state index contributed by atoms with van der Waals surface area (Å²) in [6.45, 7) is 19.9. The van der Waals surface area contributed by atoms with Crippen molar-refractivity contribution < 1.29 is 0 Å². The molecular weight excluding hydrogens is 194 g/mol. The van der Waals surface area contributed by atoms with Crippen LogP contribution in [0.3, 0.4) is 0 Å². The molecule has 0 saturated heterocycles. The average Bonchev–Trinajstić information content (AvgIpc) is 1.83. The van der Waals surface area contributed by atoms with Crippen LogP contribution in [0.25, 0.3) is 0 Å². The summed E-state index contributed by atoms with van der Waals surface area (Å²) in [5, 5.41) is 0. The van der Waals surface area contributed by atoms with Gasteiger partial charge in [-0.3, -0.25) is 0 Å². The Labute approximate surface area is 86.6 Å². The van der Waals surface area contributed by atoms with Crippen molar-refractivity contribution in [3.05, 3.63) is 0 Å². The minimum atomic E-state index is -0.917. The van der Waals surface area contributed by atoms with E-state index in [-0.39, 0.29) is 0 Å². The molecule has 2 heteroatoms. The Kier molecular flexibility index (Phi) is 4.89. The zero-order chi connectivity index (χ0) is 10.9. The van der Waals surface area contributed by atoms with E-state index < -0.39 is 14.5 Å². The van der Waals surface area contributed by atoms with Crippen LogP contribution >= 0.6 is 14.5 Å². The van der Waals surface area contributed by atoms with Crippen LogP contribution in [0.4, 0.5) is 0 Å². The van der Waals surface area contributed by atoms with Gasteiger partial charge in [0.05, 0.1) is 0 Å². The van der Waals surface area contributed by atoms with Crippen LogP contribution in [0.5, 0.6) is 0 Å². The molecule has 0 aliphatic rings. The molecule has 0 N–H and O–H groups in total. The molecule has 84 valence electrons. The van der Waals surface area contributed by atoms with Gasteiger partial charge < -0.3 is 0 Å². The fourth-order valence-corrected chi connectivity index (χ4v) is 14.2. The van der Waals surface area contributed by atoms with Crippen molar-refractivity contribution in [2.45, 2.75) is 39.0 Å². The first-order chi connectivity index (χ1) is 5.59. The normalized spacial score (nSPS) is 16.8.